The average Bonchev–Trinajstić information content (AvgIpc) is 2.26. The van der Waals surface area contributed by atoms with E-state index in [2.05, 4.69) is 0 Å². The first kappa shape index (κ1) is 15.8. The molecule has 0 amide bonds. The lowest BCUT2D eigenvalue weighted by atomic mass is 9.86. The standard InChI is InChI=1S/C14H20F3NO/c1-13(2,3)10-6-4-5-7-11(10)19-12(8-9-18)14(15,16)17/h4-7,12H,8-9,18H2,1-3H3. The second-order valence-corrected chi connectivity index (χ2v) is 5.47. The molecule has 0 aliphatic heterocycles. The number of benzene rings is 1. The molecule has 0 aliphatic carbocycles. The summed E-state index contributed by atoms with van der Waals surface area (Å²) in [6, 6.07) is 6.81. The Balaban J connectivity index is 3.04. The predicted octanol–water partition coefficient (Wildman–Crippen LogP) is 3.64. The maximum Gasteiger partial charge on any atom is 0.425 e. The van der Waals surface area contributed by atoms with Gasteiger partial charge < -0.3 is 10.5 Å². The Hall–Kier alpha value is -1.23. The fraction of sp³-hybridized carbons (Fsp3) is 0.571. The molecule has 19 heavy (non-hydrogen) atoms. The van der Waals surface area contributed by atoms with Crippen LogP contribution in [0.3, 0.4) is 0 Å². The van der Waals surface area contributed by atoms with E-state index in [0.717, 1.165) is 5.56 Å². The summed E-state index contributed by atoms with van der Waals surface area (Å²) >= 11 is 0. The van der Waals surface area contributed by atoms with Gasteiger partial charge in [0.25, 0.3) is 0 Å². The van der Waals surface area contributed by atoms with Gasteiger partial charge in [-0.2, -0.15) is 13.2 Å². The van der Waals surface area contributed by atoms with Crippen LogP contribution in [0.15, 0.2) is 24.3 Å². The third-order valence-electron chi connectivity index (χ3n) is 2.76. The number of para-hydroxylation sites is 1. The SMILES string of the molecule is CC(C)(C)c1ccccc1OC(CCN)C(F)(F)F. The fourth-order valence-electron chi connectivity index (χ4n) is 1.78. The van der Waals surface area contributed by atoms with E-state index in [1.807, 2.05) is 20.8 Å². The van der Waals surface area contributed by atoms with Crippen LogP contribution in [0, 0.1) is 0 Å². The molecular formula is C14H20F3NO. The Labute approximate surface area is 111 Å². The van der Waals surface area contributed by atoms with E-state index in [9.17, 15) is 13.2 Å². The number of hydrogen-bond acceptors (Lipinski definition) is 2. The van der Waals surface area contributed by atoms with Gasteiger partial charge in [0.05, 0.1) is 0 Å². The van der Waals surface area contributed by atoms with Gasteiger partial charge >= 0.3 is 6.18 Å². The first-order valence-electron chi connectivity index (χ1n) is 6.19. The van der Waals surface area contributed by atoms with Crippen LogP contribution >= 0.6 is 0 Å². The van der Waals surface area contributed by atoms with E-state index in [-0.39, 0.29) is 24.1 Å². The summed E-state index contributed by atoms with van der Waals surface area (Å²) < 4.78 is 43.7. The molecule has 0 aliphatic rings. The van der Waals surface area contributed by atoms with Crippen LogP contribution in [-0.4, -0.2) is 18.8 Å². The second-order valence-electron chi connectivity index (χ2n) is 5.47. The van der Waals surface area contributed by atoms with E-state index in [1.165, 1.54) is 0 Å². The smallest absolute Gasteiger partial charge is 0.425 e. The third-order valence-corrected chi connectivity index (χ3v) is 2.76. The lowest BCUT2D eigenvalue weighted by molar-refractivity contribution is -0.196. The Bertz CT molecular complexity index is 410. The largest absolute Gasteiger partial charge is 0.481 e. The zero-order valence-electron chi connectivity index (χ0n) is 11.4. The number of alkyl halides is 3. The molecule has 0 fully saturated rings. The zero-order chi connectivity index (χ0) is 14.7. The van der Waals surface area contributed by atoms with E-state index < -0.39 is 12.3 Å². The minimum absolute atomic E-state index is 0.0676. The van der Waals surface area contributed by atoms with Crippen molar-refractivity contribution in [3.63, 3.8) is 0 Å². The molecule has 1 aromatic carbocycles. The van der Waals surface area contributed by atoms with Gasteiger partial charge in [-0.3, -0.25) is 0 Å². The van der Waals surface area contributed by atoms with Crippen LogP contribution in [0.5, 0.6) is 5.75 Å². The van der Waals surface area contributed by atoms with Gasteiger partial charge in [-0.25, -0.2) is 0 Å². The van der Waals surface area contributed by atoms with Gasteiger partial charge in [0.1, 0.15) is 5.75 Å². The van der Waals surface area contributed by atoms with Crippen LogP contribution in [0.2, 0.25) is 0 Å². The Kier molecular flexibility index (Phi) is 4.85. The molecule has 0 spiro atoms. The van der Waals surface area contributed by atoms with Crippen molar-refractivity contribution in [2.75, 3.05) is 6.54 Å². The minimum atomic E-state index is -4.41. The highest BCUT2D eigenvalue weighted by molar-refractivity contribution is 5.38. The van der Waals surface area contributed by atoms with E-state index in [1.54, 1.807) is 24.3 Å². The molecule has 2 nitrogen and oxygen atoms in total. The van der Waals surface area contributed by atoms with E-state index >= 15 is 0 Å². The van der Waals surface area contributed by atoms with Gasteiger partial charge in [-0.1, -0.05) is 39.0 Å². The summed E-state index contributed by atoms with van der Waals surface area (Å²) in [4.78, 5) is 0. The van der Waals surface area contributed by atoms with Gasteiger partial charge in [0.15, 0.2) is 6.10 Å². The number of rotatable bonds is 4. The van der Waals surface area contributed by atoms with Crippen molar-refractivity contribution >= 4 is 0 Å². The molecule has 1 unspecified atom stereocenters. The average molecular weight is 275 g/mol. The van der Waals surface area contributed by atoms with Gasteiger partial charge in [0, 0.05) is 6.42 Å². The maximum atomic E-state index is 12.8. The molecule has 0 radical (unpaired) electrons. The minimum Gasteiger partial charge on any atom is -0.481 e. The van der Waals surface area contributed by atoms with E-state index in [4.69, 9.17) is 10.5 Å². The van der Waals surface area contributed by atoms with Crippen molar-refractivity contribution in [1.82, 2.24) is 0 Å². The summed E-state index contributed by atoms with van der Waals surface area (Å²) in [5.41, 5.74) is 5.69. The maximum absolute atomic E-state index is 12.8. The van der Waals surface area contributed by atoms with Crippen LogP contribution in [0.1, 0.15) is 32.8 Å². The van der Waals surface area contributed by atoms with Crippen molar-refractivity contribution in [2.24, 2.45) is 5.73 Å². The first-order valence-corrected chi connectivity index (χ1v) is 6.19. The fourth-order valence-corrected chi connectivity index (χ4v) is 1.78. The molecule has 0 heterocycles. The van der Waals surface area contributed by atoms with Crippen LogP contribution < -0.4 is 10.5 Å². The summed E-state index contributed by atoms with van der Waals surface area (Å²) in [7, 11) is 0. The lowest BCUT2D eigenvalue weighted by Crippen LogP contribution is -2.36. The number of nitrogens with two attached hydrogens (primary N) is 1. The molecule has 1 aromatic rings. The summed E-state index contributed by atoms with van der Waals surface area (Å²) in [6.45, 7) is 5.73. The highest BCUT2D eigenvalue weighted by Gasteiger charge is 2.41. The van der Waals surface area contributed by atoms with Gasteiger partial charge in [-0.05, 0) is 23.6 Å². The van der Waals surface area contributed by atoms with Gasteiger partial charge in [-0.15, -0.1) is 0 Å². The Morgan fingerprint density at radius 3 is 2.21 bits per heavy atom. The molecule has 0 bridgehead atoms. The number of hydrogen-bond donors (Lipinski definition) is 1. The lowest BCUT2D eigenvalue weighted by Gasteiger charge is -2.27. The van der Waals surface area contributed by atoms with Gasteiger partial charge in [0.2, 0.25) is 0 Å². The molecule has 5 heteroatoms. The van der Waals surface area contributed by atoms with Crippen LogP contribution in [-0.2, 0) is 5.41 Å². The Morgan fingerprint density at radius 2 is 1.74 bits per heavy atom. The highest BCUT2D eigenvalue weighted by Crippen LogP contribution is 2.34. The molecule has 0 saturated heterocycles. The monoisotopic (exact) mass is 275 g/mol. The second kappa shape index (κ2) is 5.82. The van der Waals surface area contributed by atoms with Crippen LogP contribution in [0.4, 0.5) is 13.2 Å². The Morgan fingerprint density at radius 1 is 1.16 bits per heavy atom. The summed E-state index contributed by atoms with van der Waals surface area (Å²) in [6.07, 6.45) is -6.52. The molecule has 1 rings (SSSR count). The summed E-state index contributed by atoms with van der Waals surface area (Å²) in [5, 5.41) is 0. The van der Waals surface area contributed by atoms with E-state index in [0.29, 0.717) is 0 Å². The predicted molar refractivity (Wildman–Crippen MR) is 69.3 cm³/mol. The van der Waals surface area contributed by atoms with Crippen LogP contribution in [0.25, 0.3) is 0 Å². The number of halogens is 3. The molecule has 0 aromatic heterocycles. The molecule has 108 valence electrons. The molecule has 2 N–H and O–H groups in total. The van der Waals surface area contributed by atoms with Crippen molar-refractivity contribution in [2.45, 2.75) is 44.9 Å². The molecule has 0 saturated carbocycles. The van der Waals surface area contributed by atoms with Crippen molar-refractivity contribution in [3.05, 3.63) is 29.8 Å². The van der Waals surface area contributed by atoms with Crippen molar-refractivity contribution in [3.8, 4) is 5.75 Å². The molecule has 1 atom stereocenters. The zero-order valence-corrected chi connectivity index (χ0v) is 11.4. The topological polar surface area (TPSA) is 35.2 Å². The quantitative estimate of drug-likeness (QED) is 0.910. The molecular weight excluding hydrogens is 255 g/mol. The summed E-state index contributed by atoms with van der Waals surface area (Å²) in [5.74, 6) is 0.269. The van der Waals surface area contributed by atoms with Crippen molar-refractivity contribution < 1.29 is 17.9 Å². The number of ether oxygens (including phenoxy) is 1. The third kappa shape index (κ3) is 4.42. The highest BCUT2D eigenvalue weighted by atomic mass is 19.4. The normalized spacial score (nSPS) is 14.3. The van der Waals surface area contributed by atoms with Crippen molar-refractivity contribution in [1.29, 1.82) is 0 Å². The first-order chi connectivity index (χ1) is 8.66.